The first-order valence-electron chi connectivity index (χ1n) is 6.70. The zero-order chi connectivity index (χ0) is 12.3. The molecule has 2 unspecified atom stereocenters. The lowest BCUT2D eigenvalue weighted by molar-refractivity contribution is 0.194. The topological polar surface area (TPSA) is 23.5 Å². The monoisotopic (exact) mass is 233 g/mol. The number of aryl methyl sites for hydroxylation is 1. The van der Waals surface area contributed by atoms with Gasteiger partial charge < -0.3 is 5.11 Å². The van der Waals surface area contributed by atoms with Gasteiger partial charge in [-0.05, 0) is 63.8 Å². The molecule has 2 rings (SSSR count). The van der Waals surface area contributed by atoms with Crippen LogP contribution in [-0.4, -0.2) is 28.6 Å². The molecule has 0 radical (unpaired) electrons. The van der Waals surface area contributed by atoms with Crippen molar-refractivity contribution < 1.29 is 5.11 Å². The Hall–Kier alpha value is -1.02. The van der Waals surface area contributed by atoms with Crippen LogP contribution in [0.1, 0.15) is 38.7 Å². The molecule has 2 atom stereocenters. The first-order valence-corrected chi connectivity index (χ1v) is 6.70. The van der Waals surface area contributed by atoms with Crippen molar-refractivity contribution in [2.45, 2.75) is 51.6 Å². The number of benzene rings is 1. The second-order valence-corrected chi connectivity index (χ2v) is 5.28. The van der Waals surface area contributed by atoms with Gasteiger partial charge in [0, 0.05) is 12.1 Å². The van der Waals surface area contributed by atoms with E-state index < -0.39 is 0 Å². The lowest BCUT2D eigenvalue weighted by Gasteiger charge is -2.28. The molecule has 2 heteroatoms. The van der Waals surface area contributed by atoms with Gasteiger partial charge in [-0.1, -0.05) is 12.1 Å². The van der Waals surface area contributed by atoms with E-state index in [1.165, 1.54) is 31.4 Å². The molecule has 1 fully saturated rings. The van der Waals surface area contributed by atoms with Gasteiger partial charge in [-0.15, -0.1) is 0 Å². The maximum absolute atomic E-state index is 9.23. The second-order valence-electron chi connectivity index (χ2n) is 5.28. The minimum Gasteiger partial charge on any atom is -0.508 e. The minimum absolute atomic E-state index is 0.356. The standard InChI is InChI=1S/C15H23NO/c1-12-4-3-11-16(12)13(2)5-6-14-7-9-15(17)10-8-14/h7-10,12-13,17H,3-6,11H2,1-2H3. The van der Waals surface area contributed by atoms with E-state index in [9.17, 15) is 5.11 Å². The molecule has 0 saturated carbocycles. The third-order valence-electron chi connectivity index (χ3n) is 3.96. The van der Waals surface area contributed by atoms with Crippen molar-refractivity contribution in [2.75, 3.05) is 6.54 Å². The van der Waals surface area contributed by atoms with Crippen LogP contribution in [-0.2, 0) is 6.42 Å². The summed E-state index contributed by atoms with van der Waals surface area (Å²) >= 11 is 0. The van der Waals surface area contributed by atoms with Crippen molar-refractivity contribution in [3.05, 3.63) is 29.8 Å². The zero-order valence-electron chi connectivity index (χ0n) is 10.9. The molecular weight excluding hydrogens is 210 g/mol. The van der Waals surface area contributed by atoms with Crippen LogP contribution in [0.4, 0.5) is 0 Å². The summed E-state index contributed by atoms with van der Waals surface area (Å²) in [5.74, 6) is 0.356. The van der Waals surface area contributed by atoms with Crippen LogP contribution >= 0.6 is 0 Å². The molecule has 17 heavy (non-hydrogen) atoms. The van der Waals surface area contributed by atoms with E-state index in [0.717, 1.165) is 12.5 Å². The van der Waals surface area contributed by atoms with Crippen molar-refractivity contribution in [3.8, 4) is 5.75 Å². The molecule has 1 aromatic carbocycles. The average Bonchev–Trinajstić information content (AvgIpc) is 2.74. The summed E-state index contributed by atoms with van der Waals surface area (Å²) in [6.45, 7) is 5.93. The SMILES string of the molecule is CC1CCCN1C(C)CCc1ccc(O)cc1. The molecule has 0 aromatic heterocycles. The van der Waals surface area contributed by atoms with Gasteiger partial charge in [0.1, 0.15) is 5.75 Å². The molecule has 0 aliphatic carbocycles. The molecule has 1 heterocycles. The van der Waals surface area contributed by atoms with Crippen LogP contribution in [0.15, 0.2) is 24.3 Å². The zero-order valence-corrected chi connectivity index (χ0v) is 10.9. The Kier molecular flexibility index (Phi) is 4.06. The summed E-state index contributed by atoms with van der Waals surface area (Å²) in [7, 11) is 0. The molecule has 0 spiro atoms. The van der Waals surface area contributed by atoms with Gasteiger partial charge in [0.25, 0.3) is 0 Å². The first-order chi connectivity index (χ1) is 8.16. The van der Waals surface area contributed by atoms with Crippen LogP contribution < -0.4 is 0 Å². The minimum atomic E-state index is 0.356. The predicted molar refractivity (Wildman–Crippen MR) is 71.3 cm³/mol. The van der Waals surface area contributed by atoms with E-state index in [4.69, 9.17) is 0 Å². The molecule has 2 nitrogen and oxygen atoms in total. The first kappa shape index (κ1) is 12.4. The quantitative estimate of drug-likeness (QED) is 0.863. The van der Waals surface area contributed by atoms with E-state index in [1.807, 2.05) is 12.1 Å². The number of nitrogens with zero attached hydrogens (tertiary/aromatic N) is 1. The number of likely N-dealkylation sites (tertiary alicyclic amines) is 1. The fraction of sp³-hybridized carbons (Fsp3) is 0.600. The molecule has 1 aromatic rings. The molecule has 0 amide bonds. The highest BCUT2D eigenvalue weighted by molar-refractivity contribution is 5.25. The van der Waals surface area contributed by atoms with Gasteiger partial charge in [0.05, 0.1) is 0 Å². The van der Waals surface area contributed by atoms with E-state index in [1.54, 1.807) is 12.1 Å². The fourth-order valence-corrected chi connectivity index (χ4v) is 2.81. The molecule has 94 valence electrons. The van der Waals surface area contributed by atoms with E-state index in [-0.39, 0.29) is 0 Å². The van der Waals surface area contributed by atoms with Crippen molar-refractivity contribution in [2.24, 2.45) is 0 Å². The van der Waals surface area contributed by atoms with Gasteiger partial charge in [0.2, 0.25) is 0 Å². The molecule has 1 aliphatic rings. The van der Waals surface area contributed by atoms with Gasteiger partial charge in [-0.2, -0.15) is 0 Å². The van der Waals surface area contributed by atoms with Gasteiger partial charge in [-0.25, -0.2) is 0 Å². The number of hydrogen-bond acceptors (Lipinski definition) is 2. The van der Waals surface area contributed by atoms with Crippen LogP contribution in [0.25, 0.3) is 0 Å². The van der Waals surface area contributed by atoms with E-state index >= 15 is 0 Å². The maximum atomic E-state index is 9.23. The van der Waals surface area contributed by atoms with Crippen LogP contribution in [0.3, 0.4) is 0 Å². The summed E-state index contributed by atoms with van der Waals surface area (Å²) in [5, 5.41) is 9.23. The van der Waals surface area contributed by atoms with Crippen molar-refractivity contribution in [1.29, 1.82) is 0 Å². The third kappa shape index (κ3) is 3.22. The van der Waals surface area contributed by atoms with E-state index in [2.05, 4.69) is 18.7 Å². The smallest absolute Gasteiger partial charge is 0.115 e. The highest BCUT2D eigenvalue weighted by Crippen LogP contribution is 2.22. The molecule has 0 bridgehead atoms. The van der Waals surface area contributed by atoms with Crippen LogP contribution in [0, 0.1) is 0 Å². The average molecular weight is 233 g/mol. The van der Waals surface area contributed by atoms with Gasteiger partial charge in [-0.3, -0.25) is 4.90 Å². The largest absolute Gasteiger partial charge is 0.508 e. The number of phenolic OH excluding ortho intramolecular Hbond substituents is 1. The lowest BCUT2D eigenvalue weighted by Crippen LogP contribution is -2.35. The Morgan fingerprint density at radius 2 is 2.06 bits per heavy atom. The third-order valence-corrected chi connectivity index (χ3v) is 3.96. The Labute approximate surface area is 104 Å². The van der Waals surface area contributed by atoms with Crippen LogP contribution in [0.5, 0.6) is 5.75 Å². The van der Waals surface area contributed by atoms with E-state index in [0.29, 0.717) is 11.8 Å². The number of hydrogen-bond donors (Lipinski definition) is 1. The highest BCUT2D eigenvalue weighted by atomic mass is 16.3. The van der Waals surface area contributed by atoms with Gasteiger partial charge in [0.15, 0.2) is 0 Å². The van der Waals surface area contributed by atoms with Gasteiger partial charge >= 0.3 is 0 Å². The second kappa shape index (κ2) is 5.54. The Morgan fingerprint density at radius 3 is 2.65 bits per heavy atom. The maximum Gasteiger partial charge on any atom is 0.115 e. The number of rotatable bonds is 4. The molecule has 1 saturated heterocycles. The molecule has 1 aliphatic heterocycles. The fourth-order valence-electron chi connectivity index (χ4n) is 2.81. The number of aromatic hydroxyl groups is 1. The predicted octanol–water partition coefficient (Wildman–Crippen LogP) is 3.20. The Balaban J connectivity index is 1.83. The number of phenols is 1. The summed E-state index contributed by atoms with van der Waals surface area (Å²) in [4.78, 5) is 2.63. The lowest BCUT2D eigenvalue weighted by atomic mass is 10.0. The van der Waals surface area contributed by atoms with Crippen molar-refractivity contribution in [1.82, 2.24) is 4.90 Å². The summed E-state index contributed by atoms with van der Waals surface area (Å²) in [6.07, 6.45) is 5.01. The molecule has 1 N–H and O–H groups in total. The summed E-state index contributed by atoms with van der Waals surface area (Å²) in [6, 6.07) is 9.02. The van der Waals surface area contributed by atoms with Crippen molar-refractivity contribution >= 4 is 0 Å². The summed E-state index contributed by atoms with van der Waals surface area (Å²) < 4.78 is 0. The van der Waals surface area contributed by atoms with Crippen LogP contribution in [0.2, 0.25) is 0 Å². The highest BCUT2D eigenvalue weighted by Gasteiger charge is 2.24. The summed E-state index contributed by atoms with van der Waals surface area (Å²) in [5.41, 5.74) is 1.32. The Bertz CT molecular complexity index is 346. The molecular formula is C15H23NO. The Morgan fingerprint density at radius 1 is 1.35 bits per heavy atom. The normalized spacial score (nSPS) is 22.8. The van der Waals surface area contributed by atoms with Crippen molar-refractivity contribution in [3.63, 3.8) is 0 Å².